The lowest BCUT2D eigenvalue weighted by molar-refractivity contribution is -0.153. The van der Waals surface area contributed by atoms with Gasteiger partial charge in [0.1, 0.15) is 5.75 Å². The molecule has 1 aromatic rings. The number of ether oxygens (including phenoxy) is 1. The molecule has 5 nitrogen and oxygen atoms in total. The maximum Gasteiger partial charge on any atom is 0.422 e. The first kappa shape index (κ1) is 19.1. The number of hydrogen-bond acceptors (Lipinski definition) is 3. The second-order valence-corrected chi connectivity index (χ2v) is 6.01. The Balaban J connectivity index is 2.01. The van der Waals surface area contributed by atoms with Gasteiger partial charge in [-0.25, -0.2) is 0 Å². The summed E-state index contributed by atoms with van der Waals surface area (Å²) in [6, 6.07) is 5.39. The Labute approximate surface area is 143 Å². The van der Waals surface area contributed by atoms with Crippen molar-refractivity contribution in [3.05, 3.63) is 29.8 Å². The Morgan fingerprint density at radius 1 is 1.20 bits per heavy atom. The number of aliphatic carboxylic acids is 1. The second kappa shape index (κ2) is 8.22. The van der Waals surface area contributed by atoms with Crippen LogP contribution in [0.25, 0.3) is 0 Å². The van der Waals surface area contributed by atoms with Gasteiger partial charge in [0.15, 0.2) is 6.61 Å². The maximum atomic E-state index is 12.6. The molecule has 1 amide bonds. The number of rotatable bonds is 6. The van der Waals surface area contributed by atoms with Gasteiger partial charge in [0.05, 0.1) is 0 Å². The third kappa shape index (κ3) is 5.95. The highest BCUT2D eigenvalue weighted by atomic mass is 19.4. The van der Waals surface area contributed by atoms with E-state index >= 15 is 0 Å². The van der Waals surface area contributed by atoms with Gasteiger partial charge in [0.25, 0.3) is 5.91 Å². The molecule has 1 aliphatic heterocycles. The summed E-state index contributed by atoms with van der Waals surface area (Å²) in [7, 11) is 0. The first-order valence-electron chi connectivity index (χ1n) is 8.08. The molecule has 1 aliphatic rings. The summed E-state index contributed by atoms with van der Waals surface area (Å²) in [6.45, 7) is -0.834. The van der Waals surface area contributed by atoms with Crippen molar-refractivity contribution in [3.8, 4) is 5.75 Å². The van der Waals surface area contributed by atoms with E-state index in [9.17, 15) is 22.8 Å². The summed E-state index contributed by atoms with van der Waals surface area (Å²) in [5, 5.41) is 8.83. The van der Waals surface area contributed by atoms with Crippen LogP contribution >= 0.6 is 0 Å². The summed E-state index contributed by atoms with van der Waals surface area (Å²) < 4.78 is 41.0. The average molecular weight is 359 g/mol. The van der Waals surface area contributed by atoms with E-state index in [2.05, 4.69) is 4.74 Å². The van der Waals surface area contributed by atoms with Crippen molar-refractivity contribution in [1.29, 1.82) is 0 Å². The zero-order chi connectivity index (χ0) is 18.4. The number of carbonyl (C=O) groups excluding carboxylic acids is 1. The molecule has 1 N–H and O–H groups in total. The number of carboxylic acid groups (broad SMARTS) is 1. The normalized spacial score (nSPS) is 18.0. The number of halogens is 3. The third-order valence-electron chi connectivity index (χ3n) is 4.08. The van der Waals surface area contributed by atoms with Crippen molar-refractivity contribution in [2.24, 2.45) is 0 Å². The number of nitrogens with zero attached hydrogens (tertiary/aromatic N) is 1. The monoisotopic (exact) mass is 359 g/mol. The van der Waals surface area contributed by atoms with Crippen molar-refractivity contribution < 1.29 is 32.6 Å². The first-order valence-corrected chi connectivity index (χ1v) is 8.08. The van der Waals surface area contributed by atoms with Crippen molar-refractivity contribution in [2.45, 2.75) is 44.3 Å². The molecule has 0 spiro atoms. The highest BCUT2D eigenvalue weighted by molar-refractivity contribution is 5.94. The smallest absolute Gasteiger partial charge is 0.422 e. The van der Waals surface area contributed by atoms with Crippen LogP contribution in [-0.2, 0) is 4.79 Å². The lowest BCUT2D eigenvalue weighted by Gasteiger charge is -2.35. The Kier molecular flexibility index (Phi) is 6.27. The minimum absolute atomic E-state index is 0.00132. The molecule has 8 heteroatoms. The molecule has 138 valence electrons. The molecule has 25 heavy (non-hydrogen) atoms. The highest BCUT2D eigenvalue weighted by Gasteiger charge is 2.29. The average Bonchev–Trinajstić information content (AvgIpc) is 2.57. The third-order valence-corrected chi connectivity index (χ3v) is 4.08. The number of benzene rings is 1. The molecule has 1 aromatic carbocycles. The van der Waals surface area contributed by atoms with Crippen molar-refractivity contribution in [2.75, 3.05) is 13.2 Å². The summed E-state index contributed by atoms with van der Waals surface area (Å²) >= 11 is 0. The number of likely N-dealkylation sites (tertiary alicyclic amines) is 1. The quantitative estimate of drug-likeness (QED) is 0.844. The molecule has 0 aromatic heterocycles. The highest BCUT2D eigenvalue weighted by Crippen LogP contribution is 2.24. The predicted octanol–water partition coefficient (Wildman–Crippen LogP) is 3.49. The van der Waals surface area contributed by atoms with E-state index in [0.717, 1.165) is 19.3 Å². The summed E-state index contributed by atoms with van der Waals surface area (Å²) in [6.07, 6.45) is -1.47. The van der Waals surface area contributed by atoms with Gasteiger partial charge in [-0.3, -0.25) is 9.59 Å². The molecule has 1 unspecified atom stereocenters. The summed E-state index contributed by atoms with van der Waals surface area (Å²) in [4.78, 5) is 25.1. The van der Waals surface area contributed by atoms with Gasteiger partial charge in [0.2, 0.25) is 0 Å². The number of alkyl halides is 3. The van der Waals surface area contributed by atoms with Gasteiger partial charge in [-0.05, 0) is 49.9 Å². The minimum Gasteiger partial charge on any atom is -0.484 e. The molecule has 1 fully saturated rings. The van der Waals surface area contributed by atoms with Crippen LogP contribution in [0.15, 0.2) is 24.3 Å². The van der Waals surface area contributed by atoms with Gasteiger partial charge in [-0.15, -0.1) is 0 Å². The number of amides is 1. The van der Waals surface area contributed by atoms with Crippen molar-refractivity contribution >= 4 is 11.9 Å². The molecule has 1 saturated heterocycles. The molecule has 2 rings (SSSR count). The Morgan fingerprint density at radius 2 is 1.88 bits per heavy atom. The SMILES string of the molecule is O=C(O)CCC1CCCCN1C(=O)c1ccc(OCC(F)(F)F)cc1. The van der Waals surface area contributed by atoms with Gasteiger partial charge < -0.3 is 14.7 Å². The van der Waals surface area contributed by atoms with Crippen LogP contribution < -0.4 is 4.74 Å². The van der Waals surface area contributed by atoms with Crippen molar-refractivity contribution in [1.82, 2.24) is 4.90 Å². The fourth-order valence-electron chi connectivity index (χ4n) is 2.88. The number of carboxylic acids is 1. The van der Waals surface area contributed by atoms with Gasteiger partial charge in [0, 0.05) is 24.6 Å². The van der Waals surface area contributed by atoms with E-state index in [-0.39, 0.29) is 24.1 Å². The lowest BCUT2D eigenvalue weighted by atomic mass is 9.97. The van der Waals surface area contributed by atoms with E-state index in [1.54, 1.807) is 4.90 Å². The largest absolute Gasteiger partial charge is 0.484 e. The van der Waals surface area contributed by atoms with Crippen LogP contribution in [0, 0.1) is 0 Å². The molecular formula is C17H20F3NO4. The Hall–Kier alpha value is -2.25. The molecule has 0 aliphatic carbocycles. The van der Waals surface area contributed by atoms with E-state index in [4.69, 9.17) is 5.11 Å². The van der Waals surface area contributed by atoms with Gasteiger partial charge in [-0.2, -0.15) is 13.2 Å². The van der Waals surface area contributed by atoms with Crippen LogP contribution in [-0.4, -0.2) is 47.3 Å². The zero-order valence-electron chi connectivity index (χ0n) is 13.6. The Bertz CT molecular complexity index is 601. The predicted molar refractivity (Wildman–Crippen MR) is 83.5 cm³/mol. The van der Waals surface area contributed by atoms with E-state index in [1.165, 1.54) is 24.3 Å². The molecule has 0 bridgehead atoms. The maximum absolute atomic E-state index is 12.6. The lowest BCUT2D eigenvalue weighted by Crippen LogP contribution is -2.43. The van der Waals surface area contributed by atoms with Crippen LogP contribution in [0.3, 0.4) is 0 Å². The molecular weight excluding hydrogens is 339 g/mol. The fraction of sp³-hybridized carbons (Fsp3) is 0.529. The van der Waals surface area contributed by atoms with Crippen LogP contribution in [0.2, 0.25) is 0 Å². The van der Waals surface area contributed by atoms with Gasteiger partial charge >= 0.3 is 12.1 Å². The number of piperidine rings is 1. The molecule has 0 radical (unpaired) electrons. The Morgan fingerprint density at radius 3 is 2.48 bits per heavy atom. The van der Waals surface area contributed by atoms with Crippen LogP contribution in [0.5, 0.6) is 5.75 Å². The molecule has 1 atom stereocenters. The van der Waals surface area contributed by atoms with Crippen molar-refractivity contribution in [3.63, 3.8) is 0 Å². The topological polar surface area (TPSA) is 66.8 Å². The number of hydrogen-bond donors (Lipinski definition) is 1. The molecule has 0 saturated carbocycles. The van der Waals surface area contributed by atoms with E-state index in [0.29, 0.717) is 18.5 Å². The first-order chi connectivity index (χ1) is 11.8. The number of carbonyl (C=O) groups is 2. The molecule has 1 heterocycles. The van der Waals surface area contributed by atoms with E-state index < -0.39 is 18.8 Å². The van der Waals surface area contributed by atoms with E-state index in [1.807, 2.05) is 0 Å². The second-order valence-electron chi connectivity index (χ2n) is 6.01. The van der Waals surface area contributed by atoms with Crippen LogP contribution in [0.1, 0.15) is 42.5 Å². The standard InChI is InChI=1S/C17H20F3NO4/c18-17(19,20)11-25-14-7-4-12(5-8-14)16(24)21-10-2-1-3-13(21)6-9-15(22)23/h4-5,7-8,13H,1-3,6,9-11H2,(H,22,23). The van der Waals surface area contributed by atoms with Crippen LogP contribution in [0.4, 0.5) is 13.2 Å². The fourth-order valence-corrected chi connectivity index (χ4v) is 2.88. The minimum atomic E-state index is -4.42. The zero-order valence-corrected chi connectivity index (χ0v) is 13.6. The summed E-state index contributed by atoms with van der Waals surface area (Å²) in [5.41, 5.74) is 0.349. The van der Waals surface area contributed by atoms with Gasteiger partial charge in [-0.1, -0.05) is 0 Å². The summed E-state index contributed by atoms with van der Waals surface area (Å²) in [5.74, 6) is -1.10.